The number of guanidine groups is 1. The van der Waals surface area contributed by atoms with Gasteiger partial charge < -0.3 is 16.0 Å². The number of amides is 1. The van der Waals surface area contributed by atoms with Crippen molar-refractivity contribution in [1.29, 1.82) is 0 Å². The molecule has 3 N–H and O–H groups in total. The smallest absolute Gasteiger partial charge is 0.354 e. The van der Waals surface area contributed by atoms with Gasteiger partial charge in [-0.3, -0.25) is 9.79 Å². The van der Waals surface area contributed by atoms with E-state index in [0.29, 0.717) is 10.3 Å². The molecule has 1 fully saturated rings. The van der Waals surface area contributed by atoms with Crippen molar-refractivity contribution in [1.82, 2.24) is 20.3 Å². The third-order valence-corrected chi connectivity index (χ3v) is 5.21. The molecule has 1 amide bonds. The second-order valence-corrected chi connectivity index (χ2v) is 8.92. The van der Waals surface area contributed by atoms with Crippen molar-refractivity contribution < 1.29 is 26.4 Å². The van der Waals surface area contributed by atoms with Crippen molar-refractivity contribution in [3.8, 4) is 0 Å². The third kappa shape index (κ3) is 8.37. The largest absolute Gasteiger partial charge is 0.511 e. The molecular formula is C14H27F3IN5O3S. The number of sulfonamides is 1. The highest BCUT2D eigenvalue weighted by molar-refractivity contribution is 14.0. The number of carbonyl (C=O) groups excluding carboxylic acids is 1. The molecule has 0 aromatic heterocycles. The minimum absolute atomic E-state index is 0. The van der Waals surface area contributed by atoms with E-state index < -0.39 is 15.5 Å². The summed E-state index contributed by atoms with van der Waals surface area (Å²) in [5, 5.41) is 8.59. The summed E-state index contributed by atoms with van der Waals surface area (Å²) >= 11 is 0. The maximum Gasteiger partial charge on any atom is 0.511 e. The van der Waals surface area contributed by atoms with E-state index in [1.54, 1.807) is 0 Å². The van der Waals surface area contributed by atoms with Gasteiger partial charge in [0.05, 0.1) is 6.54 Å². The molecule has 13 heteroatoms. The van der Waals surface area contributed by atoms with Crippen LogP contribution in [-0.2, 0) is 14.8 Å². The van der Waals surface area contributed by atoms with E-state index in [4.69, 9.17) is 0 Å². The van der Waals surface area contributed by atoms with Crippen molar-refractivity contribution in [2.24, 2.45) is 4.99 Å². The molecule has 8 nitrogen and oxygen atoms in total. The number of nitrogens with zero attached hydrogens (tertiary/aromatic N) is 2. The zero-order chi connectivity index (χ0) is 20.2. The second-order valence-electron chi connectivity index (χ2n) is 6.99. The van der Waals surface area contributed by atoms with Gasteiger partial charge >= 0.3 is 15.5 Å². The summed E-state index contributed by atoms with van der Waals surface area (Å²) in [5.74, 6) is 0.0951. The zero-order valence-electron chi connectivity index (χ0n) is 15.7. The summed E-state index contributed by atoms with van der Waals surface area (Å²) in [6, 6.07) is -0.244. The number of carbonyl (C=O) groups is 1. The Morgan fingerprint density at radius 2 is 1.70 bits per heavy atom. The first-order valence-corrected chi connectivity index (χ1v) is 9.55. The number of hydrogen-bond donors (Lipinski definition) is 3. The first-order chi connectivity index (χ1) is 11.8. The molecule has 0 atom stereocenters. The monoisotopic (exact) mass is 529 g/mol. The van der Waals surface area contributed by atoms with Crippen molar-refractivity contribution >= 4 is 45.9 Å². The normalized spacial score (nSPS) is 17.8. The molecule has 0 aromatic carbocycles. The molecule has 1 saturated heterocycles. The SMILES string of the molecule is CN=C(NCC(=O)NC(C)(C)C)NC1CCN(S(=O)(=O)C(F)(F)F)CC1.I. The molecule has 1 heterocycles. The number of aliphatic imine (C=N–C) groups is 1. The lowest BCUT2D eigenvalue weighted by molar-refractivity contribution is -0.121. The topological polar surface area (TPSA) is 103 Å². The van der Waals surface area contributed by atoms with Crippen LogP contribution in [0, 0.1) is 0 Å². The highest BCUT2D eigenvalue weighted by Gasteiger charge is 2.50. The van der Waals surface area contributed by atoms with Crippen LogP contribution in [0.1, 0.15) is 33.6 Å². The Labute approximate surface area is 174 Å². The van der Waals surface area contributed by atoms with Gasteiger partial charge in [0.2, 0.25) is 5.91 Å². The van der Waals surface area contributed by atoms with Gasteiger partial charge in [0.15, 0.2) is 5.96 Å². The Kier molecular flexibility index (Phi) is 9.78. The molecule has 27 heavy (non-hydrogen) atoms. The van der Waals surface area contributed by atoms with Crippen LogP contribution in [0.3, 0.4) is 0 Å². The number of rotatable bonds is 4. The summed E-state index contributed by atoms with van der Waals surface area (Å²) in [4.78, 5) is 15.7. The molecule has 1 aliphatic rings. The summed E-state index contributed by atoms with van der Waals surface area (Å²) in [6.07, 6.45) is 0.397. The second kappa shape index (κ2) is 10.1. The fraction of sp³-hybridized carbons (Fsp3) is 0.857. The Morgan fingerprint density at radius 3 is 2.11 bits per heavy atom. The molecule has 0 unspecified atom stereocenters. The standard InChI is InChI=1S/C14H26F3N5O3S.HI/c1-13(2,3)21-11(23)9-19-12(18-4)20-10-5-7-22(8-6-10)26(24,25)14(15,16)17;/h10H,5-9H2,1-4H3,(H,21,23)(H2,18,19,20);1H. The van der Waals surface area contributed by atoms with E-state index in [-0.39, 0.29) is 73.9 Å². The van der Waals surface area contributed by atoms with Crippen LogP contribution < -0.4 is 16.0 Å². The van der Waals surface area contributed by atoms with E-state index in [9.17, 15) is 26.4 Å². The van der Waals surface area contributed by atoms with Crippen LogP contribution in [0.5, 0.6) is 0 Å². The number of nitrogens with one attached hydrogen (secondary N) is 3. The first kappa shape index (κ1) is 26.2. The van der Waals surface area contributed by atoms with E-state index in [0.717, 1.165) is 0 Å². The van der Waals surface area contributed by atoms with Crippen LogP contribution in [0.4, 0.5) is 13.2 Å². The average Bonchev–Trinajstić information content (AvgIpc) is 2.49. The summed E-state index contributed by atoms with van der Waals surface area (Å²) in [6.45, 7) is 5.06. The van der Waals surface area contributed by atoms with Gasteiger partial charge in [-0.2, -0.15) is 17.5 Å². The lowest BCUT2D eigenvalue weighted by atomic mass is 10.1. The van der Waals surface area contributed by atoms with E-state index >= 15 is 0 Å². The van der Waals surface area contributed by atoms with Gasteiger partial charge in [-0.25, -0.2) is 8.42 Å². The molecule has 0 radical (unpaired) electrons. The van der Waals surface area contributed by atoms with Crippen molar-refractivity contribution in [2.75, 3.05) is 26.7 Å². The molecule has 0 bridgehead atoms. The molecular weight excluding hydrogens is 502 g/mol. The quantitative estimate of drug-likeness (QED) is 0.287. The molecule has 0 aliphatic carbocycles. The van der Waals surface area contributed by atoms with Gasteiger partial charge in [-0.15, -0.1) is 24.0 Å². The van der Waals surface area contributed by atoms with Gasteiger partial charge in [0, 0.05) is 31.7 Å². The number of piperidine rings is 1. The van der Waals surface area contributed by atoms with Crippen LogP contribution in [0.25, 0.3) is 0 Å². The van der Waals surface area contributed by atoms with Crippen LogP contribution in [0.2, 0.25) is 0 Å². The molecule has 0 spiro atoms. The zero-order valence-corrected chi connectivity index (χ0v) is 18.8. The van der Waals surface area contributed by atoms with E-state index in [1.165, 1.54) is 7.05 Å². The summed E-state index contributed by atoms with van der Waals surface area (Å²) in [7, 11) is -3.79. The predicted octanol–water partition coefficient (Wildman–Crippen LogP) is 0.998. The van der Waals surface area contributed by atoms with Crippen molar-refractivity contribution in [3.63, 3.8) is 0 Å². The van der Waals surface area contributed by atoms with Crippen molar-refractivity contribution in [3.05, 3.63) is 0 Å². The summed E-state index contributed by atoms with van der Waals surface area (Å²) < 4.78 is 60.9. The Bertz CT molecular complexity index is 627. The lowest BCUT2D eigenvalue weighted by Crippen LogP contribution is -2.53. The van der Waals surface area contributed by atoms with E-state index in [1.807, 2.05) is 20.8 Å². The average molecular weight is 529 g/mol. The Morgan fingerprint density at radius 1 is 1.19 bits per heavy atom. The highest BCUT2D eigenvalue weighted by atomic mass is 127. The molecule has 1 aliphatic heterocycles. The number of hydrogen-bond acceptors (Lipinski definition) is 4. The van der Waals surface area contributed by atoms with Crippen molar-refractivity contribution in [2.45, 2.75) is 50.7 Å². The van der Waals surface area contributed by atoms with Crippen LogP contribution in [-0.4, -0.2) is 68.4 Å². The number of halogens is 4. The van der Waals surface area contributed by atoms with E-state index in [2.05, 4.69) is 20.9 Å². The fourth-order valence-electron chi connectivity index (χ4n) is 2.40. The third-order valence-electron chi connectivity index (χ3n) is 3.58. The number of alkyl halides is 3. The molecule has 0 aromatic rings. The van der Waals surface area contributed by atoms with Crippen LogP contribution >= 0.6 is 24.0 Å². The lowest BCUT2D eigenvalue weighted by Gasteiger charge is -2.32. The van der Waals surface area contributed by atoms with Gasteiger partial charge in [-0.1, -0.05) is 0 Å². The maximum absolute atomic E-state index is 12.6. The Balaban J connectivity index is 0.00000676. The van der Waals surface area contributed by atoms with Gasteiger partial charge in [0.1, 0.15) is 0 Å². The predicted molar refractivity (Wildman–Crippen MR) is 107 cm³/mol. The van der Waals surface area contributed by atoms with Gasteiger partial charge in [0.25, 0.3) is 0 Å². The Hall–Kier alpha value is -0.830. The highest BCUT2D eigenvalue weighted by Crippen LogP contribution is 2.28. The molecule has 160 valence electrons. The first-order valence-electron chi connectivity index (χ1n) is 8.11. The fourth-order valence-corrected chi connectivity index (χ4v) is 3.39. The summed E-state index contributed by atoms with van der Waals surface area (Å²) in [5.41, 5.74) is -5.65. The van der Waals surface area contributed by atoms with Crippen LogP contribution in [0.15, 0.2) is 4.99 Å². The molecule has 0 saturated carbocycles. The van der Waals surface area contributed by atoms with Gasteiger partial charge in [-0.05, 0) is 33.6 Å². The minimum Gasteiger partial charge on any atom is -0.354 e. The molecule has 1 rings (SSSR count). The minimum atomic E-state index is -5.29. The maximum atomic E-state index is 12.6.